The number of fused-ring (bicyclic) bond motifs is 2. The Kier molecular flexibility index (Phi) is 9.62. The molecule has 2 aromatic heterocycles. The fourth-order valence-electron chi connectivity index (χ4n) is 8.07. The van der Waals surface area contributed by atoms with Crippen molar-refractivity contribution in [2.24, 2.45) is 0 Å². The molecule has 14 nitrogen and oxygen atoms in total. The molecule has 3 atom stereocenters. The molecule has 9 rings (SSSR count). The van der Waals surface area contributed by atoms with Crippen molar-refractivity contribution < 1.29 is 45.5 Å². The number of alkyl halides is 1. The van der Waals surface area contributed by atoms with Crippen molar-refractivity contribution in [3.8, 4) is 16.9 Å². The highest BCUT2D eigenvalue weighted by molar-refractivity contribution is 7.90. The summed E-state index contributed by atoms with van der Waals surface area (Å²) < 4.78 is 79.0. The number of piperidine rings is 1. The van der Waals surface area contributed by atoms with Crippen molar-refractivity contribution in [2.75, 3.05) is 35.9 Å². The zero-order valence-electron chi connectivity index (χ0n) is 31.2. The van der Waals surface area contributed by atoms with Gasteiger partial charge in [0, 0.05) is 72.8 Å². The predicted octanol–water partition coefficient (Wildman–Crippen LogP) is 4.86. The molecule has 0 spiro atoms. The number of pyridine rings is 1. The first-order valence-electron chi connectivity index (χ1n) is 19.0. The van der Waals surface area contributed by atoms with E-state index in [-0.39, 0.29) is 55.8 Å². The number of halogens is 3. The van der Waals surface area contributed by atoms with Gasteiger partial charge < -0.3 is 19.5 Å². The van der Waals surface area contributed by atoms with Crippen LogP contribution in [0.1, 0.15) is 57.5 Å². The number of H-pyrrole nitrogens is 1. The van der Waals surface area contributed by atoms with Gasteiger partial charge in [-0.05, 0) is 78.9 Å². The molecule has 3 N–H and O–H groups in total. The molecule has 3 amide bonds. The van der Waals surface area contributed by atoms with Crippen molar-refractivity contribution >= 4 is 56.1 Å². The Balaban J connectivity index is 0.866. The molecule has 5 aromatic rings. The summed E-state index contributed by atoms with van der Waals surface area (Å²) >= 11 is 0. The lowest BCUT2D eigenvalue weighted by Crippen LogP contribution is -2.52. The third-order valence-electron chi connectivity index (χ3n) is 11.4. The summed E-state index contributed by atoms with van der Waals surface area (Å²) in [5, 5.41) is 2.61. The third-order valence-corrected chi connectivity index (χ3v) is 12.9. The Morgan fingerprint density at radius 1 is 0.949 bits per heavy atom. The summed E-state index contributed by atoms with van der Waals surface area (Å²) in [6.07, 6.45) is 2.90. The number of aromatic nitrogens is 2. The lowest BCUT2D eigenvalue weighted by molar-refractivity contribution is -0.136. The van der Waals surface area contributed by atoms with Crippen LogP contribution in [0.4, 0.5) is 24.5 Å². The van der Waals surface area contributed by atoms with Crippen LogP contribution in [0.15, 0.2) is 73.1 Å². The van der Waals surface area contributed by atoms with E-state index in [1.54, 1.807) is 24.4 Å². The second kappa shape index (κ2) is 14.8. The molecular formula is C41H36F3N7O7S. The van der Waals surface area contributed by atoms with Gasteiger partial charge in [0.25, 0.3) is 5.91 Å². The van der Waals surface area contributed by atoms with Crippen LogP contribution in [0.25, 0.3) is 22.2 Å². The number of carbonyl (C=O) groups is 4. The molecular weight excluding hydrogens is 792 g/mol. The van der Waals surface area contributed by atoms with E-state index in [2.05, 4.69) is 20.2 Å². The van der Waals surface area contributed by atoms with Gasteiger partial charge in [-0.3, -0.25) is 29.2 Å². The minimum Gasteiger partial charge on any atom is -0.491 e. The zero-order valence-corrected chi connectivity index (χ0v) is 32.0. The van der Waals surface area contributed by atoms with E-state index >= 15 is 8.78 Å². The van der Waals surface area contributed by atoms with Gasteiger partial charge in [0.1, 0.15) is 36.0 Å². The van der Waals surface area contributed by atoms with Crippen LogP contribution in [0, 0.1) is 11.6 Å². The highest BCUT2D eigenvalue weighted by atomic mass is 32.2. The van der Waals surface area contributed by atoms with Gasteiger partial charge >= 0.3 is 10.2 Å². The van der Waals surface area contributed by atoms with Gasteiger partial charge in [0.15, 0.2) is 5.82 Å². The zero-order chi connectivity index (χ0) is 41.2. The summed E-state index contributed by atoms with van der Waals surface area (Å²) in [6, 6.07) is 15.7. The molecule has 0 aliphatic carbocycles. The monoisotopic (exact) mass is 827 g/mol. The summed E-state index contributed by atoms with van der Waals surface area (Å²) in [5.74, 6) is -4.06. The Labute approximate surface area is 335 Å². The molecule has 4 aliphatic heterocycles. The smallest absolute Gasteiger partial charge is 0.301 e. The van der Waals surface area contributed by atoms with Crippen LogP contribution in [-0.4, -0.2) is 95.6 Å². The number of nitrogens with one attached hydrogen (secondary N) is 3. The number of ether oxygens (including phenoxy) is 1. The predicted molar refractivity (Wildman–Crippen MR) is 209 cm³/mol. The van der Waals surface area contributed by atoms with Crippen LogP contribution in [0.2, 0.25) is 0 Å². The molecule has 6 heterocycles. The van der Waals surface area contributed by atoms with E-state index < -0.39 is 63.5 Å². The fourth-order valence-corrected chi connectivity index (χ4v) is 9.33. The van der Waals surface area contributed by atoms with E-state index in [4.69, 9.17) is 4.74 Å². The number of hydrogen-bond acceptors (Lipinski definition) is 9. The number of nitrogens with zero attached hydrogens (tertiary/aromatic N) is 4. The standard InChI is InChI=1S/C41H36F3N7O7S/c42-25-11-13-49(20-25)59(56,57)48-33-8-7-32(43)36(37(33)44)38(53)31-18-46-39-30(31)16-23(17-45-39)22-1-3-26(4-2-22)50-14-12-27(50)21-58-28-5-6-29-24(15-28)19-51(41(29)55)34-9-10-35(52)47-40(34)54/h1-8,15-18,25,27,34,48H,9-14,19-21H2,(H,45,46)(H,47,52,54)/t25-,27-,34?/m1/s1. The van der Waals surface area contributed by atoms with Crippen molar-refractivity contribution in [1.82, 2.24) is 24.5 Å². The van der Waals surface area contributed by atoms with Crippen LogP contribution in [0.3, 0.4) is 0 Å². The Hall–Kier alpha value is -6.27. The molecule has 4 aliphatic rings. The van der Waals surface area contributed by atoms with E-state index in [9.17, 15) is 32.0 Å². The van der Waals surface area contributed by atoms with Gasteiger partial charge in [-0.1, -0.05) is 12.1 Å². The lowest BCUT2D eigenvalue weighted by atomic mass is 9.99. The van der Waals surface area contributed by atoms with Gasteiger partial charge in [-0.2, -0.15) is 12.7 Å². The number of amides is 3. The number of hydrogen-bond donors (Lipinski definition) is 3. The van der Waals surface area contributed by atoms with E-state index in [0.717, 1.165) is 46.2 Å². The van der Waals surface area contributed by atoms with E-state index in [0.29, 0.717) is 34.5 Å². The third kappa shape index (κ3) is 7.05. The summed E-state index contributed by atoms with van der Waals surface area (Å²) in [7, 11) is -4.37. The molecule has 0 bridgehead atoms. The number of anilines is 2. The largest absolute Gasteiger partial charge is 0.491 e. The van der Waals surface area contributed by atoms with Gasteiger partial charge in [-0.15, -0.1) is 0 Å². The first kappa shape index (κ1) is 38.3. The minimum atomic E-state index is -4.37. The minimum absolute atomic E-state index is 0.00635. The lowest BCUT2D eigenvalue weighted by Gasteiger charge is -2.42. The number of imide groups is 1. The summed E-state index contributed by atoms with van der Waals surface area (Å²) in [5.41, 5.74) is 2.24. The number of benzene rings is 3. The highest BCUT2D eigenvalue weighted by Crippen LogP contribution is 2.34. The van der Waals surface area contributed by atoms with Crippen molar-refractivity contribution in [3.63, 3.8) is 0 Å². The van der Waals surface area contributed by atoms with E-state index in [1.165, 1.54) is 11.1 Å². The molecule has 1 unspecified atom stereocenters. The number of rotatable bonds is 11. The normalized spacial score (nSPS) is 20.8. The number of carbonyl (C=O) groups excluding carboxylic acids is 4. The average Bonchev–Trinajstić information content (AvgIpc) is 3.93. The second-order valence-corrected chi connectivity index (χ2v) is 16.7. The summed E-state index contributed by atoms with van der Waals surface area (Å²) in [4.78, 5) is 61.7. The Morgan fingerprint density at radius 3 is 2.49 bits per heavy atom. The van der Waals surface area contributed by atoms with Crippen molar-refractivity contribution in [2.45, 2.75) is 50.5 Å². The molecule has 0 radical (unpaired) electrons. The maximum Gasteiger partial charge on any atom is 0.301 e. The van der Waals surface area contributed by atoms with E-state index in [1.807, 2.05) is 35.1 Å². The molecule has 3 fully saturated rings. The maximum atomic E-state index is 15.7. The van der Waals surface area contributed by atoms with Crippen molar-refractivity contribution in [3.05, 3.63) is 107 Å². The van der Waals surface area contributed by atoms with Crippen molar-refractivity contribution in [1.29, 1.82) is 0 Å². The molecule has 18 heteroatoms. The van der Waals surface area contributed by atoms with Crippen LogP contribution >= 0.6 is 0 Å². The quantitative estimate of drug-likeness (QED) is 0.124. The van der Waals surface area contributed by atoms with Crippen LogP contribution in [0.5, 0.6) is 5.75 Å². The second-order valence-electron chi connectivity index (χ2n) is 15.0. The molecule has 0 saturated carbocycles. The topological polar surface area (TPSA) is 174 Å². The SMILES string of the molecule is O=C1CCC(N2Cc3cc(OC[C@H]4CCN4c4ccc(-c5cnc6[nH]cc(C(=O)c7c(F)ccc(NS(=O)(=O)N8CC[C@@H](F)C8)c7F)c6c5)cc4)ccc3C2=O)C(=O)N1. The van der Waals surface area contributed by atoms with Gasteiger partial charge in [-0.25, -0.2) is 18.2 Å². The summed E-state index contributed by atoms with van der Waals surface area (Å²) in [6.45, 7) is 0.952. The molecule has 304 valence electrons. The average molecular weight is 828 g/mol. The fraction of sp³-hybridized carbons (Fsp3) is 0.293. The maximum absolute atomic E-state index is 15.7. The van der Waals surface area contributed by atoms with Gasteiger partial charge in [0.05, 0.1) is 17.3 Å². The van der Waals surface area contributed by atoms with Gasteiger partial charge in [0.2, 0.25) is 17.6 Å². The Bertz CT molecular complexity index is 2680. The first-order chi connectivity index (χ1) is 28.3. The Morgan fingerprint density at radius 2 is 1.76 bits per heavy atom. The highest BCUT2D eigenvalue weighted by Gasteiger charge is 2.39. The van der Waals surface area contributed by atoms with Crippen LogP contribution < -0.4 is 19.7 Å². The molecule has 59 heavy (non-hydrogen) atoms. The number of ketones is 1. The first-order valence-corrected chi connectivity index (χ1v) is 20.5. The van der Waals surface area contributed by atoms with Crippen LogP contribution in [-0.2, 0) is 26.3 Å². The molecule has 3 aromatic carbocycles. The number of aromatic amines is 1. The molecule has 3 saturated heterocycles.